The lowest BCUT2D eigenvalue weighted by atomic mass is 9.87. The predicted molar refractivity (Wildman–Crippen MR) is 83.8 cm³/mol. The number of nitrogens with zero attached hydrogens (tertiary/aromatic N) is 1. The summed E-state index contributed by atoms with van der Waals surface area (Å²) in [6, 6.07) is 6.36. The van der Waals surface area contributed by atoms with Gasteiger partial charge in [0.05, 0.1) is 12.7 Å². The highest BCUT2D eigenvalue weighted by Gasteiger charge is 2.17. The fourth-order valence-corrected chi connectivity index (χ4v) is 2.85. The molecule has 4 N–H and O–H groups in total. The molecule has 1 aromatic carbocycles. The van der Waals surface area contributed by atoms with Crippen LogP contribution in [0, 0.1) is 5.92 Å². The largest absolute Gasteiger partial charge is 0.496 e. The van der Waals surface area contributed by atoms with Crippen LogP contribution in [0.4, 0.5) is 0 Å². The molecule has 1 aliphatic rings. The standard InChI is InChI=1S/C16H25N3O2/c1-11-3-6-13(7-4-11)18-10-12-5-8-15(21-2)14(9-12)16(17)19-20/h5,8-9,11,13,18,20H,3-4,6-7,10H2,1-2H3,(H2,17,19). The van der Waals surface area contributed by atoms with Crippen molar-refractivity contribution >= 4 is 5.84 Å². The topological polar surface area (TPSA) is 79.9 Å². The first-order valence-corrected chi connectivity index (χ1v) is 7.52. The average Bonchev–Trinajstić information content (AvgIpc) is 2.53. The molecule has 21 heavy (non-hydrogen) atoms. The fourth-order valence-electron chi connectivity index (χ4n) is 2.85. The van der Waals surface area contributed by atoms with E-state index in [0.29, 0.717) is 17.4 Å². The third kappa shape index (κ3) is 4.11. The van der Waals surface area contributed by atoms with E-state index in [0.717, 1.165) is 18.0 Å². The minimum atomic E-state index is 0.0696. The van der Waals surface area contributed by atoms with E-state index in [1.54, 1.807) is 7.11 Å². The molecule has 0 spiro atoms. The second-order valence-electron chi connectivity index (χ2n) is 5.86. The molecule has 0 bridgehead atoms. The number of benzene rings is 1. The Hall–Kier alpha value is -1.75. The molecule has 0 radical (unpaired) electrons. The summed E-state index contributed by atoms with van der Waals surface area (Å²) in [6.45, 7) is 3.11. The zero-order valence-electron chi connectivity index (χ0n) is 12.8. The number of rotatable bonds is 5. The summed E-state index contributed by atoms with van der Waals surface area (Å²) in [6.07, 6.45) is 5.08. The molecular formula is C16H25N3O2. The van der Waals surface area contributed by atoms with Crippen molar-refractivity contribution in [2.45, 2.75) is 45.2 Å². The van der Waals surface area contributed by atoms with Crippen LogP contribution >= 0.6 is 0 Å². The van der Waals surface area contributed by atoms with Crippen LogP contribution in [0.3, 0.4) is 0 Å². The van der Waals surface area contributed by atoms with E-state index in [-0.39, 0.29) is 5.84 Å². The number of nitrogens with two attached hydrogens (primary N) is 1. The maximum absolute atomic E-state index is 8.85. The smallest absolute Gasteiger partial charge is 0.173 e. The van der Waals surface area contributed by atoms with E-state index in [9.17, 15) is 0 Å². The molecule has 1 saturated carbocycles. The molecule has 1 aromatic rings. The lowest BCUT2D eigenvalue weighted by Gasteiger charge is -2.27. The van der Waals surface area contributed by atoms with Gasteiger partial charge >= 0.3 is 0 Å². The van der Waals surface area contributed by atoms with Gasteiger partial charge in [0.25, 0.3) is 0 Å². The van der Waals surface area contributed by atoms with E-state index >= 15 is 0 Å². The Bertz CT molecular complexity index is 494. The van der Waals surface area contributed by atoms with E-state index in [4.69, 9.17) is 15.7 Å². The van der Waals surface area contributed by atoms with Gasteiger partial charge in [0.2, 0.25) is 0 Å². The van der Waals surface area contributed by atoms with Crippen LogP contribution in [0.15, 0.2) is 23.4 Å². The highest BCUT2D eigenvalue weighted by atomic mass is 16.5. The van der Waals surface area contributed by atoms with E-state index in [1.165, 1.54) is 25.7 Å². The normalized spacial score (nSPS) is 23.0. The predicted octanol–water partition coefficient (Wildman–Crippen LogP) is 2.46. The second-order valence-corrected chi connectivity index (χ2v) is 5.86. The van der Waals surface area contributed by atoms with Crippen molar-refractivity contribution in [2.75, 3.05) is 7.11 Å². The van der Waals surface area contributed by atoms with Gasteiger partial charge in [-0.05, 0) is 49.3 Å². The third-order valence-electron chi connectivity index (χ3n) is 4.26. The maximum Gasteiger partial charge on any atom is 0.173 e. The summed E-state index contributed by atoms with van der Waals surface area (Å²) in [4.78, 5) is 0. The van der Waals surface area contributed by atoms with E-state index in [1.807, 2.05) is 18.2 Å². The molecule has 1 fully saturated rings. The fraction of sp³-hybridized carbons (Fsp3) is 0.562. The summed E-state index contributed by atoms with van der Waals surface area (Å²) >= 11 is 0. The van der Waals surface area contributed by atoms with Gasteiger partial charge in [-0.3, -0.25) is 0 Å². The first kappa shape index (κ1) is 15.6. The van der Waals surface area contributed by atoms with Crippen molar-refractivity contribution in [1.82, 2.24) is 5.32 Å². The Morgan fingerprint density at radius 1 is 1.38 bits per heavy atom. The lowest BCUT2D eigenvalue weighted by molar-refractivity contribution is 0.306. The maximum atomic E-state index is 8.85. The van der Waals surface area contributed by atoms with Gasteiger partial charge in [0, 0.05) is 12.6 Å². The molecule has 2 rings (SSSR count). The summed E-state index contributed by atoms with van der Waals surface area (Å²) in [5.41, 5.74) is 7.42. The van der Waals surface area contributed by atoms with Gasteiger partial charge in [-0.2, -0.15) is 0 Å². The highest BCUT2D eigenvalue weighted by molar-refractivity contribution is 5.99. The van der Waals surface area contributed by atoms with Gasteiger partial charge in [-0.25, -0.2) is 0 Å². The third-order valence-corrected chi connectivity index (χ3v) is 4.26. The molecule has 0 saturated heterocycles. The quantitative estimate of drug-likeness (QED) is 0.337. The van der Waals surface area contributed by atoms with Gasteiger partial charge in [-0.15, -0.1) is 0 Å². The number of hydrogen-bond acceptors (Lipinski definition) is 4. The van der Waals surface area contributed by atoms with Crippen molar-refractivity contribution in [3.63, 3.8) is 0 Å². The van der Waals surface area contributed by atoms with Crippen molar-refractivity contribution in [3.05, 3.63) is 29.3 Å². The molecule has 0 heterocycles. The van der Waals surface area contributed by atoms with Gasteiger partial charge in [0.1, 0.15) is 5.75 Å². The summed E-state index contributed by atoms with van der Waals surface area (Å²) < 4.78 is 5.24. The SMILES string of the molecule is COc1ccc(CNC2CCC(C)CC2)cc1/C(N)=N/O. The van der Waals surface area contributed by atoms with Crippen LogP contribution in [0.1, 0.15) is 43.7 Å². The molecule has 0 unspecified atom stereocenters. The van der Waals surface area contributed by atoms with Crippen molar-refractivity contribution < 1.29 is 9.94 Å². The van der Waals surface area contributed by atoms with Crippen LogP contribution in [0.5, 0.6) is 5.75 Å². The Morgan fingerprint density at radius 3 is 2.71 bits per heavy atom. The zero-order valence-corrected chi connectivity index (χ0v) is 12.8. The Balaban J connectivity index is 2.00. The van der Waals surface area contributed by atoms with E-state index < -0.39 is 0 Å². The molecule has 0 atom stereocenters. The van der Waals surface area contributed by atoms with Crippen molar-refractivity contribution in [2.24, 2.45) is 16.8 Å². The van der Waals surface area contributed by atoms with Gasteiger partial charge < -0.3 is 21.0 Å². The number of hydrogen-bond donors (Lipinski definition) is 3. The van der Waals surface area contributed by atoms with Crippen molar-refractivity contribution in [1.29, 1.82) is 0 Å². The van der Waals surface area contributed by atoms with Crippen LogP contribution < -0.4 is 15.8 Å². The van der Waals surface area contributed by atoms with Gasteiger partial charge in [0.15, 0.2) is 5.84 Å². The van der Waals surface area contributed by atoms with Crippen LogP contribution in [-0.4, -0.2) is 24.2 Å². The van der Waals surface area contributed by atoms with Crippen molar-refractivity contribution in [3.8, 4) is 5.75 Å². The number of oxime groups is 1. The van der Waals surface area contributed by atoms with Crippen LogP contribution in [0.25, 0.3) is 0 Å². The lowest BCUT2D eigenvalue weighted by Crippen LogP contribution is -2.32. The second kappa shape index (κ2) is 7.31. The molecule has 5 nitrogen and oxygen atoms in total. The Labute approximate surface area is 126 Å². The molecular weight excluding hydrogens is 266 g/mol. The van der Waals surface area contributed by atoms with Crippen LogP contribution in [-0.2, 0) is 6.54 Å². The summed E-state index contributed by atoms with van der Waals surface area (Å²) in [5.74, 6) is 1.54. The Kier molecular flexibility index (Phi) is 5.44. The Morgan fingerprint density at radius 2 is 2.10 bits per heavy atom. The molecule has 0 aliphatic heterocycles. The average molecular weight is 291 g/mol. The number of methoxy groups -OCH3 is 1. The molecule has 0 aromatic heterocycles. The highest BCUT2D eigenvalue weighted by Crippen LogP contribution is 2.24. The molecule has 1 aliphatic carbocycles. The monoisotopic (exact) mass is 291 g/mol. The molecule has 5 heteroatoms. The first-order chi connectivity index (χ1) is 10.1. The van der Waals surface area contributed by atoms with Crippen LogP contribution in [0.2, 0.25) is 0 Å². The minimum absolute atomic E-state index is 0.0696. The summed E-state index contributed by atoms with van der Waals surface area (Å²) in [5, 5.41) is 15.5. The molecule has 0 amide bonds. The first-order valence-electron chi connectivity index (χ1n) is 7.52. The van der Waals surface area contributed by atoms with Gasteiger partial charge in [-0.1, -0.05) is 18.1 Å². The minimum Gasteiger partial charge on any atom is -0.496 e. The van der Waals surface area contributed by atoms with E-state index in [2.05, 4.69) is 17.4 Å². The zero-order chi connectivity index (χ0) is 15.2. The number of amidine groups is 1. The number of ether oxygens (including phenoxy) is 1. The molecule has 116 valence electrons. The number of nitrogens with one attached hydrogen (secondary N) is 1. The summed E-state index contributed by atoms with van der Waals surface area (Å²) in [7, 11) is 1.57.